The van der Waals surface area contributed by atoms with Crippen molar-refractivity contribution in [3.8, 4) is 5.75 Å². The molecule has 0 saturated carbocycles. The van der Waals surface area contributed by atoms with E-state index in [4.69, 9.17) is 21.4 Å². The molecule has 1 N–H and O–H groups in total. The number of carbonyl (C=O) groups is 1. The number of hydrogen-bond donors (Lipinski definition) is 1. The molecule has 154 valence electrons. The van der Waals surface area contributed by atoms with Gasteiger partial charge >= 0.3 is 0 Å². The Morgan fingerprint density at radius 2 is 2.13 bits per heavy atom. The van der Waals surface area contributed by atoms with Gasteiger partial charge in [-0.3, -0.25) is 14.4 Å². The number of thiocarbonyl (C=S) groups is 1. The number of halogens is 1. The fourth-order valence-electron chi connectivity index (χ4n) is 2.96. The van der Waals surface area contributed by atoms with Crippen molar-refractivity contribution in [3.63, 3.8) is 0 Å². The van der Waals surface area contributed by atoms with Crippen LogP contribution in [0.4, 0.5) is 0 Å². The topological polar surface area (TPSA) is 72.5 Å². The number of amides is 1. The minimum absolute atomic E-state index is 0.202. The van der Waals surface area contributed by atoms with Crippen molar-refractivity contribution in [2.75, 3.05) is 0 Å². The maximum absolute atomic E-state index is 12.8. The molecule has 0 radical (unpaired) electrons. The number of aryl methyl sites for hydroxylation is 1. The van der Waals surface area contributed by atoms with Gasteiger partial charge in [0.1, 0.15) is 29.6 Å². The van der Waals surface area contributed by atoms with Crippen molar-refractivity contribution in [3.05, 3.63) is 76.0 Å². The molecular weight excluding hydrogens is 468 g/mol. The largest absolute Gasteiger partial charge is 0.484 e. The summed E-state index contributed by atoms with van der Waals surface area (Å²) in [5.41, 5.74) is 1.29. The summed E-state index contributed by atoms with van der Waals surface area (Å²) < 4.78 is 14.2. The number of rotatable bonds is 7. The van der Waals surface area contributed by atoms with E-state index in [1.54, 1.807) is 18.3 Å². The third kappa shape index (κ3) is 4.47. The Morgan fingerprint density at radius 1 is 1.30 bits per heavy atom. The molecule has 4 rings (SSSR count). The molecule has 7 nitrogen and oxygen atoms in total. The summed E-state index contributed by atoms with van der Waals surface area (Å²) in [5.74, 6) is 1.72. The van der Waals surface area contributed by atoms with Crippen LogP contribution in [0.15, 0.2) is 63.4 Å². The number of aromatic nitrogens is 2. The molecule has 1 aliphatic rings. The van der Waals surface area contributed by atoms with Gasteiger partial charge in [0.05, 0.1) is 17.2 Å². The molecule has 1 amide bonds. The van der Waals surface area contributed by atoms with E-state index in [-0.39, 0.29) is 12.5 Å². The first-order chi connectivity index (χ1) is 14.5. The van der Waals surface area contributed by atoms with Crippen molar-refractivity contribution in [2.45, 2.75) is 26.6 Å². The maximum atomic E-state index is 12.8. The van der Waals surface area contributed by atoms with Crippen molar-refractivity contribution in [1.82, 2.24) is 20.0 Å². The molecular formula is C21H19BrN4O3S. The molecule has 0 atom stereocenters. The van der Waals surface area contributed by atoms with Gasteiger partial charge in [0.15, 0.2) is 5.11 Å². The van der Waals surface area contributed by atoms with Gasteiger partial charge in [0.2, 0.25) is 0 Å². The van der Waals surface area contributed by atoms with Gasteiger partial charge in [-0.15, -0.1) is 0 Å². The van der Waals surface area contributed by atoms with E-state index in [9.17, 15) is 4.79 Å². The van der Waals surface area contributed by atoms with Crippen molar-refractivity contribution in [1.29, 1.82) is 0 Å². The Kier molecular flexibility index (Phi) is 6.01. The molecule has 2 aromatic heterocycles. The first-order valence-corrected chi connectivity index (χ1v) is 10.6. The summed E-state index contributed by atoms with van der Waals surface area (Å²) >= 11 is 8.78. The van der Waals surface area contributed by atoms with Crippen molar-refractivity contribution < 1.29 is 13.9 Å². The molecule has 1 fully saturated rings. The third-order valence-corrected chi connectivity index (χ3v) is 5.47. The van der Waals surface area contributed by atoms with Gasteiger partial charge in [-0.05, 0) is 59.3 Å². The number of para-hydroxylation sites is 1. The smallest absolute Gasteiger partial charge is 0.276 e. The second-order valence-corrected chi connectivity index (χ2v) is 7.85. The SMILES string of the molecule is CCn1cc(CN2C(=O)/C(=C\c3ccc(COc4ccccc4Br)o3)NC2=S)cn1. The number of furan rings is 1. The fourth-order valence-corrected chi connectivity index (χ4v) is 3.62. The second kappa shape index (κ2) is 8.85. The molecule has 1 aromatic carbocycles. The van der Waals surface area contributed by atoms with Crippen molar-refractivity contribution >= 4 is 45.2 Å². The normalized spacial score (nSPS) is 15.1. The lowest BCUT2D eigenvalue weighted by molar-refractivity contribution is -0.122. The van der Waals surface area contributed by atoms with Crippen molar-refractivity contribution in [2.24, 2.45) is 0 Å². The van der Waals surface area contributed by atoms with Crippen LogP contribution >= 0.6 is 28.1 Å². The highest BCUT2D eigenvalue weighted by molar-refractivity contribution is 9.10. The molecule has 0 spiro atoms. The quantitative estimate of drug-likeness (QED) is 0.400. The molecule has 0 bridgehead atoms. The zero-order valence-corrected chi connectivity index (χ0v) is 18.6. The minimum atomic E-state index is -0.202. The molecule has 3 aromatic rings. The molecule has 0 aliphatic carbocycles. The van der Waals surface area contributed by atoms with E-state index in [1.807, 2.05) is 48.1 Å². The molecule has 1 aliphatic heterocycles. The highest BCUT2D eigenvalue weighted by Gasteiger charge is 2.31. The van der Waals surface area contributed by atoms with Crippen LogP contribution in [0.1, 0.15) is 24.0 Å². The van der Waals surface area contributed by atoms with E-state index in [2.05, 4.69) is 26.3 Å². The predicted molar refractivity (Wildman–Crippen MR) is 119 cm³/mol. The van der Waals surface area contributed by atoms with Gasteiger partial charge in [-0.25, -0.2) is 0 Å². The number of nitrogens with one attached hydrogen (secondary N) is 1. The summed E-state index contributed by atoms with van der Waals surface area (Å²) in [5, 5.41) is 7.55. The Labute approximate surface area is 187 Å². The minimum Gasteiger partial charge on any atom is -0.484 e. The van der Waals surface area contributed by atoms with Gasteiger partial charge in [-0.2, -0.15) is 5.10 Å². The fraction of sp³-hybridized carbons (Fsp3) is 0.190. The Balaban J connectivity index is 1.41. The van der Waals surface area contributed by atoms with E-state index >= 15 is 0 Å². The molecule has 0 unspecified atom stereocenters. The lowest BCUT2D eigenvalue weighted by Gasteiger charge is -2.12. The van der Waals surface area contributed by atoms with E-state index in [1.165, 1.54) is 4.90 Å². The summed E-state index contributed by atoms with van der Waals surface area (Å²) in [6, 6.07) is 11.2. The Hall–Kier alpha value is -2.91. The zero-order chi connectivity index (χ0) is 21.1. The van der Waals surface area contributed by atoms with Gasteiger partial charge < -0.3 is 14.5 Å². The van der Waals surface area contributed by atoms with Gasteiger partial charge in [0.25, 0.3) is 5.91 Å². The number of carbonyl (C=O) groups excluding carboxylic acids is 1. The monoisotopic (exact) mass is 486 g/mol. The van der Waals surface area contributed by atoms with E-state index in [0.717, 1.165) is 22.3 Å². The third-order valence-electron chi connectivity index (χ3n) is 4.49. The van der Waals surface area contributed by atoms with E-state index in [0.29, 0.717) is 28.9 Å². The number of ether oxygens (including phenoxy) is 1. The van der Waals surface area contributed by atoms with Crippen LogP contribution in [0.25, 0.3) is 6.08 Å². The summed E-state index contributed by atoms with van der Waals surface area (Å²) in [6.07, 6.45) is 5.29. The molecule has 30 heavy (non-hydrogen) atoms. The summed E-state index contributed by atoms with van der Waals surface area (Å²) in [6.45, 7) is 3.42. The summed E-state index contributed by atoms with van der Waals surface area (Å²) in [7, 11) is 0. The maximum Gasteiger partial charge on any atom is 0.276 e. The highest BCUT2D eigenvalue weighted by Crippen LogP contribution is 2.25. The number of nitrogens with zero attached hydrogens (tertiary/aromatic N) is 3. The first kappa shape index (κ1) is 20.4. The van der Waals surface area contributed by atoms with Crippen LogP contribution in [0, 0.1) is 0 Å². The van der Waals surface area contributed by atoms with Crippen LogP contribution in [0.3, 0.4) is 0 Å². The predicted octanol–water partition coefficient (Wildman–Crippen LogP) is 4.10. The van der Waals surface area contributed by atoms with Crippen LogP contribution in [0.2, 0.25) is 0 Å². The van der Waals surface area contributed by atoms with E-state index < -0.39 is 0 Å². The first-order valence-electron chi connectivity index (χ1n) is 9.35. The molecule has 1 saturated heterocycles. The lowest BCUT2D eigenvalue weighted by Crippen LogP contribution is -2.29. The van der Waals surface area contributed by atoms with Crippen LogP contribution in [-0.4, -0.2) is 25.7 Å². The second-order valence-electron chi connectivity index (χ2n) is 6.61. The lowest BCUT2D eigenvalue weighted by atomic mass is 10.3. The standard InChI is InChI=1S/C21H19BrN4O3S/c1-2-25-11-14(10-23-25)12-26-20(27)18(24-21(26)30)9-15-7-8-16(29-15)13-28-19-6-4-3-5-17(19)22/h3-11H,2,12-13H2,1H3,(H,24,30)/b18-9+. The highest BCUT2D eigenvalue weighted by atomic mass is 79.9. The average Bonchev–Trinajstić information content (AvgIpc) is 3.44. The molecule has 9 heteroatoms. The number of hydrogen-bond acceptors (Lipinski definition) is 5. The van der Waals surface area contributed by atoms with Crippen LogP contribution < -0.4 is 10.1 Å². The van der Waals surface area contributed by atoms with Gasteiger partial charge in [0, 0.05) is 24.4 Å². The van der Waals surface area contributed by atoms with Crippen LogP contribution in [0.5, 0.6) is 5.75 Å². The number of benzene rings is 1. The average molecular weight is 487 g/mol. The van der Waals surface area contributed by atoms with Crippen LogP contribution in [-0.2, 0) is 24.5 Å². The zero-order valence-electron chi connectivity index (χ0n) is 16.2. The Morgan fingerprint density at radius 3 is 2.90 bits per heavy atom. The Bertz CT molecular complexity index is 1120. The molecule has 3 heterocycles. The summed E-state index contributed by atoms with van der Waals surface area (Å²) in [4.78, 5) is 14.3. The van der Waals surface area contributed by atoms with Gasteiger partial charge in [-0.1, -0.05) is 12.1 Å².